The van der Waals surface area contributed by atoms with Crippen molar-refractivity contribution in [2.75, 3.05) is 0 Å². The van der Waals surface area contributed by atoms with E-state index in [1.807, 2.05) is 0 Å². The summed E-state index contributed by atoms with van der Waals surface area (Å²) in [5, 5.41) is 1.79. The number of nitrogens with one attached hydrogen (secondary N) is 2. The molecule has 1 unspecified atom stereocenters. The van der Waals surface area contributed by atoms with Gasteiger partial charge in [0, 0.05) is 6.07 Å². The number of amides is 1. The van der Waals surface area contributed by atoms with Crippen LogP contribution in [-0.2, 0) is 4.79 Å². The molecule has 1 saturated carbocycles. The predicted molar refractivity (Wildman–Crippen MR) is 106 cm³/mol. The molecule has 11 heteroatoms. The van der Waals surface area contributed by atoms with Crippen LogP contribution in [0.25, 0.3) is 10.9 Å². The molecule has 2 atom stereocenters. The molecule has 2 heterocycles. The van der Waals surface area contributed by atoms with Crippen LogP contribution in [0, 0.1) is 29.2 Å². The largest absolute Gasteiger partial charge is 0.346 e. The van der Waals surface area contributed by atoms with Gasteiger partial charge in [-0.25, -0.2) is 26.9 Å². The van der Waals surface area contributed by atoms with E-state index in [0.717, 1.165) is 31.2 Å². The summed E-state index contributed by atoms with van der Waals surface area (Å²) in [5.41, 5.74) is -2.56. The SMILES string of the molecule is C[C@@H](NC(=O)C(CC1CC1)n1c(=O)[nH]c2ccc(F)c(F)c2c1=O)c1ncc(F)cc1F. The van der Waals surface area contributed by atoms with Crippen molar-refractivity contribution in [2.24, 2.45) is 5.92 Å². The number of halogens is 4. The second kappa shape index (κ2) is 8.21. The molecule has 0 radical (unpaired) electrons. The van der Waals surface area contributed by atoms with Crippen molar-refractivity contribution >= 4 is 16.8 Å². The van der Waals surface area contributed by atoms with Gasteiger partial charge in [-0.2, -0.15) is 0 Å². The molecule has 1 aliphatic rings. The number of aromatic amines is 1. The lowest BCUT2D eigenvalue weighted by Gasteiger charge is -2.22. The highest BCUT2D eigenvalue weighted by Crippen LogP contribution is 2.36. The molecule has 0 bridgehead atoms. The first kappa shape index (κ1) is 21.7. The van der Waals surface area contributed by atoms with E-state index in [4.69, 9.17) is 0 Å². The van der Waals surface area contributed by atoms with Gasteiger partial charge in [0.05, 0.1) is 23.4 Å². The van der Waals surface area contributed by atoms with Gasteiger partial charge in [0.2, 0.25) is 5.91 Å². The van der Waals surface area contributed by atoms with Crippen LogP contribution >= 0.6 is 0 Å². The molecule has 1 aliphatic carbocycles. The normalized spacial score (nSPS) is 15.5. The zero-order valence-electron chi connectivity index (χ0n) is 16.8. The smallest absolute Gasteiger partial charge is 0.329 e. The summed E-state index contributed by atoms with van der Waals surface area (Å²) in [6, 6.07) is 0.0771. The number of H-pyrrole nitrogens is 1. The van der Waals surface area contributed by atoms with Gasteiger partial charge in [-0.3, -0.25) is 14.6 Å². The highest BCUT2D eigenvalue weighted by Gasteiger charge is 2.34. The third-order valence-electron chi connectivity index (χ3n) is 5.46. The van der Waals surface area contributed by atoms with Crippen molar-refractivity contribution in [3.05, 3.63) is 74.2 Å². The molecule has 1 amide bonds. The number of fused-ring (bicyclic) bond motifs is 1. The first-order valence-electron chi connectivity index (χ1n) is 9.91. The van der Waals surface area contributed by atoms with Crippen LogP contribution in [-0.4, -0.2) is 20.4 Å². The Morgan fingerprint density at radius 3 is 2.59 bits per heavy atom. The van der Waals surface area contributed by atoms with E-state index in [1.165, 1.54) is 6.92 Å². The minimum atomic E-state index is -1.44. The number of nitrogens with zero attached hydrogens (tertiary/aromatic N) is 2. The van der Waals surface area contributed by atoms with Gasteiger partial charge in [0.1, 0.15) is 23.1 Å². The van der Waals surface area contributed by atoms with E-state index < -0.39 is 57.9 Å². The van der Waals surface area contributed by atoms with E-state index >= 15 is 0 Å². The molecule has 0 aliphatic heterocycles. The molecule has 0 saturated heterocycles. The molecule has 32 heavy (non-hydrogen) atoms. The molecular formula is C21H18F4N4O3. The van der Waals surface area contributed by atoms with Gasteiger partial charge in [-0.1, -0.05) is 12.8 Å². The molecule has 4 rings (SSSR count). The second-order valence-corrected chi connectivity index (χ2v) is 7.83. The maximum Gasteiger partial charge on any atom is 0.329 e. The molecule has 1 aromatic carbocycles. The summed E-state index contributed by atoms with van der Waals surface area (Å²) in [6.07, 6.45) is 2.44. The number of rotatable bonds is 6. The Labute approximate surface area is 178 Å². The second-order valence-electron chi connectivity index (χ2n) is 7.83. The molecule has 2 N–H and O–H groups in total. The van der Waals surface area contributed by atoms with Gasteiger partial charge >= 0.3 is 5.69 Å². The standard InChI is InChI=1S/C21H18F4N4O3/c1-9(18-13(24)7-11(22)8-26-18)27-19(30)15(6-10-2-3-10)29-20(31)16-14(28-21(29)32)5-4-12(23)17(16)25/h4-5,7-10,15H,2-3,6H2,1H3,(H,27,30)(H,28,32)/t9-,15?/m1/s1. The Balaban J connectivity index is 1.75. The minimum absolute atomic E-state index is 0.0566. The summed E-state index contributed by atoms with van der Waals surface area (Å²) < 4.78 is 55.8. The lowest BCUT2D eigenvalue weighted by molar-refractivity contribution is -0.125. The maximum atomic E-state index is 14.3. The summed E-state index contributed by atoms with van der Waals surface area (Å²) in [4.78, 5) is 44.6. The van der Waals surface area contributed by atoms with Crippen molar-refractivity contribution < 1.29 is 22.4 Å². The van der Waals surface area contributed by atoms with E-state index in [2.05, 4.69) is 15.3 Å². The predicted octanol–water partition coefficient (Wildman–Crippen LogP) is 2.86. The fourth-order valence-electron chi connectivity index (χ4n) is 3.66. The van der Waals surface area contributed by atoms with E-state index in [0.29, 0.717) is 10.6 Å². The van der Waals surface area contributed by atoms with Crippen LogP contribution in [0.2, 0.25) is 0 Å². The number of benzene rings is 1. The van der Waals surface area contributed by atoms with Crippen LogP contribution in [0.1, 0.15) is 44.0 Å². The van der Waals surface area contributed by atoms with Crippen molar-refractivity contribution in [1.29, 1.82) is 0 Å². The van der Waals surface area contributed by atoms with Gasteiger partial charge < -0.3 is 10.3 Å². The lowest BCUT2D eigenvalue weighted by atomic mass is 10.1. The lowest BCUT2D eigenvalue weighted by Crippen LogP contribution is -2.45. The van der Waals surface area contributed by atoms with Crippen molar-refractivity contribution in [3.63, 3.8) is 0 Å². The number of carbonyl (C=O) groups is 1. The van der Waals surface area contributed by atoms with Crippen LogP contribution < -0.4 is 16.6 Å². The average Bonchev–Trinajstić information content (AvgIpc) is 3.53. The van der Waals surface area contributed by atoms with Gasteiger partial charge in [-0.05, 0) is 31.4 Å². The summed E-state index contributed by atoms with van der Waals surface area (Å²) in [7, 11) is 0. The molecule has 2 aromatic heterocycles. The molecule has 168 valence electrons. The van der Waals surface area contributed by atoms with Crippen LogP contribution in [0.3, 0.4) is 0 Å². The highest BCUT2D eigenvalue weighted by atomic mass is 19.2. The Morgan fingerprint density at radius 1 is 1.22 bits per heavy atom. The van der Waals surface area contributed by atoms with Gasteiger partial charge in [-0.15, -0.1) is 0 Å². The molecule has 0 spiro atoms. The number of hydrogen-bond acceptors (Lipinski definition) is 4. The fraction of sp³-hybridized carbons (Fsp3) is 0.333. The molecule has 3 aromatic rings. The van der Waals surface area contributed by atoms with Crippen molar-refractivity contribution in [3.8, 4) is 0 Å². The van der Waals surface area contributed by atoms with Crippen molar-refractivity contribution in [1.82, 2.24) is 19.9 Å². The number of carbonyl (C=O) groups excluding carboxylic acids is 1. The monoisotopic (exact) mass is 450 g/mol. The van der Waals surface area contributed by atoms with E-state index in [-0.39, 0.29) is 23.5 Å². The Hall–Kier alpha value is -3.50. The third-order valence-corrected chi connectivity index (χ3v) is 5.46. The highest BCUT2D eigenvalue weighted by molar-refractivity contribution is 5.82. The maximum absolute atomic E-state index is 14.3. The Morgan fingerprint density at radius 2 is 1.94 bits per heavy atom. The summed E-state index contributed by atoms with van der Waals surface area (Å²) in [6.45, 7) is 1.40. The summed E-state index contributed by atoms with van der Waals surface area (Å²) in [5.74, 6) is -5.33. The van der Waals surface area contributed by atoms with Gasteiger partial charge in [0.25, 0.3) is 5.56 Å². The topological polar surface area (TPSA) is 96.9 Å². The number of pyridine rings is 1. The average molecular weight is 450 g/mol. The van der Waals surface area contributed by atoms with E-state index in [9.17, 15) is 31.9 Å². The molecule has 1 fully saturated rings. The van der Waals surface area contributed by atoms with Crippen LogP contribution in [0.15, 0.2) is 34.0 Å². The van der Waals surface area contributed by atoms with Crippen molar-refractivity contribution in [2.45, 2.75) is 38.3 Å². The van der Waals surface area contributed by atoms with Crippen LogP contribution in [0.4, 0.5) is 17.6 Å². The zero-order chi connectivity index (χ0) is 23.2. The quantitative estimate of drug-likeness (QED) is 0.565. The first-order chi connectivity index (χ1) is 15.2. The summed E-state index contributed by atoms with van der Waals surface area (Å²) >= 11 is 0. The minimum Gasteiger partial charge on any atom is -0.346 e. The third kappa shape index (κ3) is 4.02. The molecular weight excluding hydrogens is 432 g/mol. The first-order valence-corrected chi connectivity index (χ1v) is 9.91. The number of aromatic nitrogens is 3. The van der Waals surface area contributed by atoms with Crippen LogP contribution in [0.5, 0.6) is 0 Å². The zero-order valence-corrected chi connectivity index (χ0v) is 16.8. The fourth-order valence-corrected chi connectivity index (χ4v) is 3.66. The molecule has 7 nitrogen and oxygen atoms in total. The number of hydrogen-bond donors (Lipinski definition) is 2. The Kier molecular flexibility index (Phi) is 5.57. The Bertz CT molecular complexity index is 1330. The van der Waals surface area contributed by atoms with E-state index in [1.54, 1.807) is 0 Å². The van der Waals surface area contributed by atoms with Gasteiger partial charge in [0.15, 0.2) is 11.6 Å².